The summed E-state index contributed by atoms with van der Waals surface area (Å²) in [7, 11) is 1.55. The van der Waals surface area contributed by atoms with Crippen LogP contribution in [0.15, 0.2) is 61.3 Å². The molecule has 2 aromatic heterocycles. The fourth-order valence-corrected chi connectivity index (χ4v) is 3.31. The van der Waals surface area contributed by atoms with E-state index in [1.165, 1.54) is 5.56 Å². The predicted molar refractivity (Wildman–Crippen MR) is 117 cm³/mol. The SMILES string of the molecule is COc1ncc(-c2ccncc2/C=C/Nc2ccc(CN3CCOCC3)cc2)cn1. The second-order valence-electron chi connectivity index (χ2n) is 6.98. The maximum Gasteiger partial charge on any atom is 0.316 e. The van der Waals surface area contributed by atoms with Crippen LogP contribution in [0.2, 0.25) is 0 Å². The first-order valence-corrected chi connectivity index (χ1v) is 9.94. The van der Waals surface area contributed by atoms with Gasteiger partial charge in [0.2, 0.25) is 0 Å². The molecule has 1 aliphatic rings. The third-order valence-corrected chi connectivity index (χ3v) is 4.95. The number of nitrogens with one attached hydrogen (secondary N) is 1. The summed E-state index contributed by atoms with van der Waals surface area (Å²) in [5.74, 6) is 0. The molecule has 0 unspecified atom stereocenters. The minimum atomic E-state index is 0.351. The number of nitrogens with zero attached hydrogens (tertiary/aromatic N) is 4. The van der Waals surface area contributed by atoms with E-state index in [0.717, 1.165) is 55.2 Å². The van der Waals surface area contributed by atoms with Gasteiger partial charge < -0.3 is 14.8 Å². The Balaban J connectivity index is 1.39. The van der Waals surface area contributed by atoms with E-state index in [0.29, 0.717) is 6.01 Å². The lowest BCUT2D eigenvalue weighted by Crippen LogP contribution is -2.35. The van der Waals surface area contributed by atoms with Crippen molar-refractivity contribution in [2.45, 2.75) is 6.54 Å². The largest absolute Gasteiger partial charge is 0.467 e. The van der Waals surface area contributed by atoms with Crippen LogP contribution in [0.3, 0.4) is 0 Å². The van der Waals surface area contributed by atoms with Gasteiger partial charge in [-0.05, 0) is 35.4 Å². The Bertz CT molecular complexity index is 968. The van der Waals surface area contributed by atoms with Gasteiger partial charge >= 0.3 is 6.01 Å². The van der Waals surface area contributed by atoms with Gasteiger partial charge in [0.1, 0.15) is 0 Å². The number of hydrogen-bond donors (Lipinski definition) is 1. The van der Waals surface area contributed by atoms with Crippen LogP contribution >= 0.6 is 0 Å². The molecule has 1 aromatic carbocycles. The van der Waals surface area contributed by atoms with Gasteiger partial charge in [-0.3, -0.25) is 9.88 Å². The zero-order valence-electron chi connectivity index (χ0n) is 17.0. The number of benzene rings is 1. The molecule has 1 N–H and O–H groups in total. The summed E-state index contributed by atoms with van der Waals surface area (Å²) in [6, 6.07) is 10.8. The third kappa shape index (κ3) is 5.20. The smallest absolute Gasteiger partial charge is 0.316 e. The highest BCUT2D eigenvalue weighted by Gasteiger charge is 2.10. The van der Waals surface area contributed by atoms with Crippen LogP contribution in [-0.4, -0.2) is 53.3 Å². The van der Waals surface area contributed by atoms with E-state index in [1.807, 2.05) is 24.5 Å². The Morgan fingerprint density at radius 1 is 1.07 bits per heavy atom. The molecule has 154 valence electrons. The highest BCUT2D eigenvalue weighted by molar-refractivity contribution is 5.74. The van der Waals surface area contributed by atoms with Crippen LogP contribution in [-0.2, 0) is 11.3 Å². The fourth-order valence-electron chi connectivity index (χ4n) is 3.31. The van der Waals surface area contributed by atoms with E-state index in [2.05, 4.69) is 49.4 Å². The molecule has 3 aromatic rings. The average Bonchev–Trinajstić information content (AvgIpc) is 2.81. The molecule has 0 spiro atoms. The molecule has 7 heteroatoms. The molecule has 0 aliphatic carbocycles. The van der Waals surface area contributed by atoms with Gasteiger partial charge in [-0.1, -0.05) is 12.1 Å². The number of aromatic nitrogens is 3. The number of rotatable bonds is 7. The van der Waals surface area contributed by atoms with E-state index in [4.69, 9.17) is 9.47 Å². The van der Waals surface area contributed by atoms with Crippen LogP contribution in [0.5, 0.6) is 6.01 Å². The van der Waals surface area contributed by atoms with E-state index in [-0.39, 0.29) is 0 Å². The van der Waals surface area contributed by atoms with Crippen molar-refractivity contribution in [1.82, 2.24) is 19.9 Å². The Labute approximate surface area is 176 Å². The summed E-state index contributed by atoms with van der Waals surface area (Å²) in [5, 5.41) is 3.33. The minimum absolute atomic E-state index is 0.351. The highest BCUT2D eigenvalue weighted by Crippen LogP contribution is 2.23. The molecule has 0 radical (unpaired) electrons. The van der Waals surface area contributed by atoms with Gasteiger partial charge in [0.15, 0.2) is 0 Å². The maximum absolute atomic E-state index is 5.41. The highest BCUT2D eigenvalue weighted by atomic mass is 16.5. The summed E-state index contributed by atoms with van der Waals surface area (Å²) in [4.78, 5) is 15.0. The average molecular weight is 403 g/mol. The third-order valence-electron chi connectivity index (χ3n) is 4.95. The topological polar surface area (TPSA) is 72.4 Å². The number of ether oxygens (including phenoxy) is 2. The monoisotopic (exact) mass is 403 g/mol. The van der Waals surface area contributed by atoms with Crippen molar-refractivity contribution in [3.63, 3.8) is 0 Å². The van der Waals surface area contributed by atoms with Crippen LogP contribution in [0.1, 0.15) is 11.1 Å². The molecule has 0 amide bonds. The molecule has 4 rings (SSSR count). The minimum Gasteiger partial charge on any atom is -0.467 e. The summed E-state index contributed by atoms with van der Waals surface area (Å²) < 4.78 is 10.4. The van der Waals surface area contributed by atoms with Crippen molar-refractivity contribution in [3.05, 3.63) is 72.4 Å². The zero-order chi connectivity index (χ0) is 20.6. The first-order chi connectivity index (χ1) is 14.8. The summed E-state index contributed by atoms with van der Waals surface area (Å²) in [5.41, 5.74) is 5.23. The molecule has 1 saturated heterocycles. The van der Waals surface area contributed by atoms with E-state index >= 15 is 0 Å². The molecule has 0 saturated carbocycles. The van der Waals surface area contributed by atoms with E-state index in [1.54, 1.807) is 25.7 Å². The lowest BCUT2D eigenvalue weighted by Gasteiger charge is -2.26. The Morgan fingerprint density at radius 2 is 1.83 bits per heavy atom. The van der Waals surface area contributed by atoms with Gasteiger partial charge in [0.25, 0.3) is 0 Å². The standard InChI is InChI=1S/C23H25N5O2/c1-29-23-26-15-20(16-27-23)22-7-8-24-14-19(22)6-9-25-21-4-2-18(3-5-21)17-28-10-12-30-13-11-28/h2-9,14-16,25H,10-13,17H2,1H3/b9-6+. The summed E-state index contributed by atoms with van der Waals surface area (Å²) in [6.07, 6.45) is 11.0. The molecule has 0 bridgehead atoms. The second-order valence-corrected chi connectivity index (χ2v) is 6.98. The molecular formula is C23H25N5O2. The molecular weight excluding hydrogens is 378 g/mol. The number of morpholine rings is 1. The molecule has 1 fully saturated rings. The van der Waals surface area contributed by atoms with Crippen molar-refractivity contribution in [2.24, 2.45) is 0 Å². The van der Waals surface area contributed by atoms with Gasteiger partial charge in [0.05, 0.1) is 20.3 Å². The number of pyridine rings is 1. The quantitative estimate of drug-likeness (QED) is 0.648. The molecule has 1 aliphatic heterocycles. The van der Waals surface area contributed by atoms with Gasteiger partial charge in [-0.15, -0.1) is 0 Å². The molecule has 7 nitrogen and oxygen atoms in total. The molecule has 0 atom stereocenters. The van der Waals surface area contributed by atoms with Crippen molar-refractivity contribution in [3.8, 4) is 17.1 Å². The van der Waals surface area contributed by atoms with Gasteiger partial charge in [-0.2, -0.15) is 0 Å². The van der Waals surface area contributed by atoms with Crippen molar-refractivity contribution >= 4 is 11.8 Å². The summed E-state index contributed by atoms with van der Waals surface area (Å²) >= 11 is 0. The fraction of sp³-hybridized carbons (Fsp3) is 0.261. The molecule has 3 heterocycles. The Kier molecular flexibility index (Phi) is 6.64. The van der Waals surface area contributed by atoms with Crippen molar-refractivity contribution in [2.75, 3.05) is 38.7 Å². The van der Waals surface area contributed by atoms with Crippen LogP contribution < -0.4 is 10.1 Å². The van der Waals surface area contributed by atoms with Gasteiger partial charge in [0, 0.05) is 67.4 Å². The molecule has 30 heavy (non-hydrogen) atoms. The van der Waals surface area contributed by atoms with Crippen LogP contribution in [0, 0.1) is 0 Å². The van der Waals surface area contributed by atoms with E-state index < -0.39 is 0 Å². The predicted octanol–water partition coefficient (Wildman–Crippen LogP) is 3.46. The van der Waals surface area contributed by atoms with Gasteiger partial charge in [-0.25, -0.2) is 9.97 Å². The Morgan fingerprint density at radius 3 is 2.57 bits per heavy atom. The van der Waals surface area contributed by atoms with E-state index in [9.17, 15) is 0 Å². The van der Waals surface area contributed by atoms with Crippen molar-refractivity contribution < 1.29 is 9.47 Å². The van der Waals surface area contributed by atoms with Crippen LogP contribution in [0.25, 0.3) is 17.2 Å². The second kappa shape index (κ2) is 9.96. The maximum atomic E-state index is 5.41. The normalized spacial score (nSPS) is 14.7. The van der Waals surface area contributed by atoms with Crippen molar-refractivity contribution in [1.29, 1.82) is 0 Å². The zero-order valence-corrected chi connectivity index (χ0v) is 17.0. The number of methoxy groups -OCH3 is 1. The number of anilines is 1. The first kappa shape index (κ1) is 20.0. The lowest BCUT2D eigenvalue weighted by molar-refractivity contribution is 0.0342. The Hall–Kier alpha value is -3.29. The summed E-state index contributed by atoms with van der Waals surface area (Å²) in [6.45, 7) is 4.60. The number of hydrogen-bond acceptors (Lipinski definition) is 7. The van der Waals surface area contributed by atoms with Crippen LogP contribution in [0.4, 0.5) is 5.69 Å². The lowest BCUT2D eigenvalue weighted by atomic mass is 10.1. The first-order valence-electron chi connectivity index (χ1n) is 9.94.